The normalized spacial score (nSPS) is 19.0. The number of carbonyl (C=O) groups is 1. The molecule has 0 bridgehead atoms. The Labute approximate surface area is 129 Å². The highest BCUT2D eigenvalue weighted by molar-refractivity contribution is 6.30. The van der Waals surface area contributed by atoms with Crippen molar-refractivity contribution in [2.75, 3.05) is 32.8 Å². The van der Waals surface area contributed by atoms with Gasteiger partial charge in [-0.1, -0.05) is 23.7 Å². The average molecular weight is 313 g/mol. The Morgan fingerprint density at radius 2 is 2.19 bits per heavy atom. The molecule has 2 N–H and O–H groups in total. The Balaban J connectivity index is 2.11. The molecule has 1 heterocycles. The molecule has 0 spiro atoms. The summed E-state index contributed by atoms with van der Waals surface area (Å²) < 4.78 is 5.38. The monoisotopic (exact) mass is 312 g/mol. The SMILES string of the molecule is CC(O)C(=O)NCC(c1cccc(Cl)c1)N1CCOCC1. The Kier molecular flexibility index (Phi) is 5.99. The predicted octanol–water partition coefficient (Wildman–Crippen LogP) is 1.21. The quantitative estimate of drug-likeness (QED) is 0.858. The summed E-state index contributed by atoms with van der Waals surface area (Å²) >= 11 is 6.07. The number of benzene rings is 1. The molecule has 1 amide bonds. The molecule has 1 fully saturated rings. The van der Waals surface area contributed by atoms with Gasteiger partial charge in [0.2, 0.25) is 5.91 Å². The number of halogens is 1. The van der Waals surface area contributed by atoms with Crippen LogP contribution in [0.3, 0.4) is 0 Å². The second-order valence-corrected chi connectivity index (χ2v) is 5.58. The van der Waals surface area contributed by atoms with Crippen LogP contribution in [-0.2, 0) is 9.53 Å². The largest absolute Gasteiger partial charge is 0.384 e. The topological polar surface area (TPSA) is 61.8 Å². The third-order valence-corrected chi connectivity index (χ3v) is 3.80. The third kappa shape index (κ3) is 4.68. The molecule has 1 aromatic carbocycles. The van der Waals surface area contributed by atoms with Gasteiger partial charge in [-0.15, -0.1) is 0 Å². The number of nitrogens with zero attached hydrogens (tertiary/aromatic N) is 1. The van der Waals surface area contributed by atoms with Gasteiger partial charge < -0.3 is 15.2 Å². The van der Waals surface area contributed by atoms with Gasteiger partial charge in [0.1, 0.15) is 6.10 Å². The van der Waals surface area contributed by atoms with Gasteiger partial charge in [-0.2, -0.15) is 0 Å². The maximum atomic E-state index is 11.6. The lowest BCUT2D eigenvalue weighted by Gasteiger charge is -2.35. The van der Waals surface area contributed by atoms with Crippen molar-refractivity contribution in [1.29, 1.82) is 0 Å². The molecule has 1 saturated heterocycles. The fourth-order valence-corrected chi connectivity index (χ4v) is 2.60. The molecule has 2 rings (SSSR count). The summed E-state index contributed by atoms with van der Waals surface area (Å²) in [5.74, 6) is -0.365. The number of morpholine rings is 1. The van der Waals surface area contributed by atoms with Gasteiger partial charge in [0.25, 0.3) is 0 Å². The molecule has 1 aromatic rings. The molecular formula is C15H21ClN2O3. The highest BCUT2D eigenvalue weighted by Crippen LogP contribution is 2.23. The van der Waals surface area contributed by atoms with Crippen LogP contribution in [0.5, 0.6) is 0 Å². The maximum absolute atomic E-state index is 11.6. The highest BCUT2D eigenvalue weighted by atomic mass is 35.5. The summed E-state index contributed by atoms with van der Waals surface area (Å²) in [6.45, 7) is 4.87. The zero-order valence-electron chi connectivity index (χ0n) is 12.1. The van der Waals surface area contributed by atoms with Crippen LogP contribution >= 0.6 is 11.6 Å². The van der Waals surface area contributed by atoms with Gasteiger partial charge in [0, 0.05) is 24.7 Å². The second kappa shape index (κ2) is 7.75. The molecule has 0 saturated carbocycles. The van der Waals surface area contributed by atoms with Crippen molar-refractivity contribution in [3.8, 4) is 0 Å². The number of aliphatic hydroxyl groups is 1. The van der Waals surface area contributed by atoms with Crippen LogP contribution < -0.4 is 5.32 Å². The van der Waals surface area contributed by atoms with E-state index in [0.29, 0.717) is 24.8 Å². The number of hydrogen-bond acceptors (Lipinski definition) is 4. The van der Waals surface area contributed by atoms with Crippen LogP contribution in [0, 0.1) is 0 Å². The zero-order valence-corrected chi connectivity index (χ0v) is 12.8. The first-order valence-electron chi connectivity index (χ1n) is 7.11. The summed E-state index contributed by atoms with van der Waals surface area (Å²) in [6.07, 6.45) is -1.00. The maximum Gasteiger partial charge on any atom is 0.248 e. The van der Waals surface area contributed by atoms with Crippen LogP contribution in [0.2, 0.25) is 5.02 Å². The lowest BCUT2D eigenvalue weighted by molar-refractivity contribution is -0.128. The first-order chi connectivity index (χ1) is 10.1. The van der Waals surface area contributed by atoms with Gasteiger partial charge in [-0.3, -0.25) is 9.69 Å². The van der Waals surface area contributed by atoms with E-state index in [9.17, 15) is 9.90 Å². The number of aliphatic hydroxyl groups excluding tert-OH is 1. The van der Waals surface area contributed by atoms with E-state index < -0.39 is 6.10 Å². The predicted molar refractivity (Wildman–Crippen MR) is 81.3 cm³/mol. The molecular weight excluding hydrogens is 292 g/mol. The van der Waals surface area contributed by atoms with Gasteiger partial charge in [-0.05, 0) is 24.6 Å². The van der Waals surface area contributed by atoms with E-state index in [-0.39, 0.29) is 11.9 Å². The van der Waals surface area contributed by atoms with Crippen molar-refractivity contribution >= 4 is 17.5 Å². The van der Waals surface area contributed by atoms with E-state index in [1.807, 2.05) is 24.3 Å². The van der Waals surface area contributed by atoms with Gasteiger partial charge >= 0.3 is 0 Å². The molecule has 1 aliphatic rings. The Hall–Kier alpha value is -1.14. The number of carbonyl (C=O) groups excluding carboxylic acids is 1. The molecule has 0 radical (unpaired) electrons. The lowest BCUT2D eigenvalue weighted by atomic mass is 10.0. The van der Waals surface area contributed by atoms with Gasteiger partial charge in [-0.25, -0.2) is 0 Å². The van der Waals surface area contributed by atoms with E-state index in [0.717, 1.165) is 18.7 Å². The summed E-state index contributed by atoms with van der Waals surface area (Å²) in [6, 6.07) is 7.67. The summed E-state index contributed by atoms with van der Waals surface area (Å²) in [5.41, 5.74) is 1.05. The molecule has 0 aromatic heterocycles. The Bertz CT molecular complexity index is 476. The van der Waals surface area contributed by atoms with Crippen molar-refractivity contribution in [1.82, 2.24) is 10.2 Å². The van der Waals surface area contributed by atoms with E-state index in [2.05, 4.69) is 10.2 Å². The van der Waals surface area contributed by atoms with Crippen molar-refractivity contribution < 1.29 is 14.6 Å². The number of hydrogen-bond donors (Lipinski definition) is 2. The summed E-state index contributed by atoms with van der Waals surface area (Å²) in [7, 11) is 0. The first kappa shape index (κ1) is 16.2. The van der Waals surface area contributed by atoms with E-state index in [1.165, 1.54) is 6.92 Å². The van der Waals surface area contributed by atoms with Crippen molar-refractivity contribution in [2.24, 2.45) is 0 Å². The molecule has 116 valence electrons. The highest BCUT2D eigenvalue weighted by Gasteiger charge is 2.23. The molecule has 1 aliphatic heterocycles. The van der Waals surface area contributed by atoms with Crippen LogP contribution in [0.25, 0.3) is 0 Å². The van der Waals surface area contributed by atoms with Crippen LogP contribution in [0.15, 0.2) is 24.3 Å². The molecule has 21 heavy (non-hydrogen) atoms. The van der Waals surface area contributed by atoms with Crippen molar-refractivity contribution in [3.05, 3.63) is 34.9 Å². The third-order valence-electron chi connectivity index (χ3n) is 3.57. The van der Waals surface area contributed by atoms with Crippen LogP contribution in [0.1, 0.15) is 18.5 Å². The molecule has 6 heteroatoms. The Morgan fingerprint density at radius 1 is 1.48 bits per heavy atom. The van der Waals surface area contributed by atoms with Crippen LogP contribution in [0.4, 0.5) is 0 Å². The van der Waals surface area contributed by atoms with E-state index >= 15 is 0 Å². The molecule has 0 aliphatic carbocycles. The molecule has 2 unspecified atom stereocenters. The minimum absolute atomic E-state index is 0.0234. The standard InChI is InChI=1S/C15H21ClN2O3/c1-11(19)15(20)17-10-14(18-5-7-21-8-6-18)12-3-2-4-13(16)9-12/h2-4,9,11,14,19H,5-8,10H2,1H3,(H,17,20). The smallest absolute Gasteiger partial charge is 0.248 e. The Morgan fingerprint density at radius 3 is 2.81 bits per heavy atom. The molecule has 2 atom stereocenters. The lowest BCUT2D eigenvalue weighted by Crippen LogP contribution is -2.45. The van der Waals surface area contributed by atoms with Gasteiger partial charge in [0.15, 0.2) is 0 Å². The summed E-state index contributed by atoms with van der Waals surface area (Å²) in [5, 5.41) is 12.7. The zero-order chi connectivity index (χ0) is 15.2. The van der Waals surface area contributed by atoms with Crippen LogP contribution in [-0.4, -0.2) is 54.9 Å². The van der Waals surface area contributed by atoms with E-state index in [1.54, 1.807) is 0 Å². The van der Waals surface area contributed by atoms with Gasteiger partial charge in [0.05, 0.1) is 19.3 Å². The number of amides is 1. The minimum atomic E-state index is -1.00. The molecule has 5 nitrogen and oxygen atoms in total. The second-order valence-electron chi connectivity index (χ2n) is 5.14. The van der Waals surface area contributed by atoms with Crippen molar-refractivity contribution in [2.45, 2.75) is 19.1 Å². The average Bonchev–Trinajstić information content (AvgIpc) is 2.48. The number of ether oxygens (including phenoxy) is 1. The fraction of sp³-hybridized carbons (Fsp3) is 0.533. The number of nitrogens with one attached hydrogen (secondary N) is 1. The van der Waals surface area contributed by atoms with E-state index in [4.69, 9.17) is 16.3 Å². The van der Waals surface area contributed by atoms with Crippen molar-refractivity contribution in [3.63, 3.8) is 0 Å². The summed E-state index contributed by atoms with van der Waals surface area (Å²) in [4.78, 5) is 13.9. The first-order valence-corrected chi connectivity index (χ1v) is 7.49. The number of rotatable bonds is 5. The fourth-order valence-electron chi connectivity index (χ4n) is 2.41. The minimum Gasteiger partial charge on any atom is -0.384 e.